The van der Waals surface area contributed by atoms with Gasteiger partial charge in [-0.1, -0.05) is 5.16 Å². The molecule has 0 radical (unpaired) electrons. The van der Waals surface area contributed by atoms with Crippen LogP contribution in [0.4, 0.5) is 0 Å². The molecule has 0 aliphatic carbocycles. The van der Waals surface area contributed by atoms with Gasteiger partial charge in [0.05, 0.1) is 6.04 Å². The Hall–Kier alpha value is -2.05. The van der Waals surface area contributed by atoms with Gasteiger partial charge in [0.25, 0.3) is 0 Å². The summed E-state index contributed by atoms with van der Waals surface area (Å²) in [5.41, 5.74) is 7.63. The van der Waals surface area contributed by atoms with E-state index in [0.717, 1.165) is 17.0 Å². The summed E-state index contributed by atoms with van der Waals surface area (Å²) < 4.78 is 21.2. The summed E-state index contributed by atoms with van der Waals surface area (Å²) in [6.07, 6.45) is 0. The van der Waals surface area contributed by atoms with Crippen molar-refractivity contribution < 1.29 is 18.7 Å². The molecule has 0 amide bonds. The first kappa shape index (κ1) is 13.0. The van der Waals surface area contributed by atoms with Crippen LogP contribution in [0.15, 0.2) is 28.8 Å². The van der Waals surface area contributed by atoms with Crippen molar-refractivity contribution in [2.45, 2.75) is 19.3 Å². The number of fused-ring (bicyclic) bond motifs is 1. The van der Waals surface area contributed by atoms with Crippen LogP contribution >= 0.6 is 0 Å². The third-order valence-electron chi connectivity index (χ3n) is 3.08. The second-order valence-electron chi connectivity index (χ2n) is 4.62. The van der Waals surface area contributed by atoms with Crippen LogP contribution in [0, 0.1) is 0 Å². The fourth-order valence-corrected chi connectivity index (χ4v) is 2.10. The second kappa shape index (κ2) is 5.52. The van der Waals surface area contributed by atoms with Crippen molar-refractivity contribution >= 4 is 0 Å². The summed E-state index contributed by atoms with van der Waals surface area (Å²) in [4.78, 5) is 0. The number of hydrogen-bond acceptors (Lipinski definition) is 6. The maximum absolute atomic E-state index is 5.89. The quantitative estimate of drug-likeness (QED) is 0.896. The molecule has 1 aromatic heterocycles. The molecule has 1 unspecified atom stereocenters. The molecule has 0 saturated carbocycles. The summed E-state index contributed by atoms with van der Waals surface area (Å²) in [5, 5.41) is 3.90. The lowest BCUT2D eigenvalue weighted by Gasteiger charge is -2.06. The lowest BCUT2D eigenvalue weighted by atomic mass is 10.1. The van der Waals surface area contributed by atoms with E-state index in [-0.39, 0.29) is 6.04 Å². The van der Waals surface area contributed by atoms with Crippen LogP contribution in [-0.2, 0) is 18.0 Å². The molecule has 6 heteroatoms. The van der Waals surface area contributed by atoms with Gasteiger partial charge in [0.15, 0.2) is 5.76 Å². The molecule has 0 fully saturated rings. The summed E-state index contributed by atoms with van der Waals surface area (Å²) >= 11 is 0. The van der Waals surface area contributed by atoms with Crippen molar-refractivity contribution in [1.82, 2.24) is 5.16 Å². The van der Waals surface area contributed by atoms with E-state index in [1.807, 2.05) is 24.3 Å². The molecule has 1 atom stereocenters. The minimum Gasteiger partial charge on any atom is -0.491 e. The number of methoxy groups -OCH3 is 1. The van der Waals surface area contributed by atoms with E-state index in [2.05, 4.69) is 5.16 Å². The van der Waals surface area contributed by atoms with E-state index in [0.29, 0.717) is 31.3 Å². The average molecular weight is 276 g/mol. The van der Waals surface area contributed by atoms with Gasteiger partial charge in [-0.3, -0.25) is 0 Å². The largest absolute Gasteiger partial charge is 0.491 e. The summed E-state index contributed by atoms with van der Waals surface area (Å²) in [5.74, 6) is 2.18. The molecule has 2 aromatic rings. The third-order valence-corrected chi connectivity index (χ3v) is 3.08. The van der Waals surface area contributed by atoms with Crippen LogP contribution in [0.2, 0.25) is 0 Å². The van der Waals surface area contributed by atoms with E-state index >= 15 is 0 Å². The average Bonchev–Trinajstić information content (AvgIpc) is 3.04. The maximum atomic E-state index is 5.89. The zero-order valence-corrected chi connectivity index (χ0v) is 11.2. The van der Waals surface area contributed by atoms with Crippen LogP contribution in [0.5, 0.6) is 11.5 Å². The lowest BCUT2D eigenvalue weighted by molar-refractivity contribution is 0.155. The zero-order chi connectivity index (χ0) is 13.9. The number of rotatable bonds is 5. The van der Waals surface area contributed by atoms with Gasteiger partial charge < -0.3 is 24.5 Å². The van der Waals surface area contributed by atoms with Gasteiger partial charge in [-0.05, 0) is 12.1 Å². The van der Waals surface area contributed by atoms with Crippen molar-refractivity contribution in [3.05, 3.63) is 41.3 Å². The molecule has 1 aromatic carbocycles. The van der Waals surface area contributed by atoms with Crippen molar-refractivity contribution in [2.24, 2.45) is 5.73 Å². The Morgan fingerprint density at radius 2 is 2.25 bits per heavy atom. The molecule has 1 aliphatic rings. The molecule has 0 bridgehead atoms. The third kappa shape index (κ3) is 2.61. The van der Waals surface area contributed by atoms with Crippen LogP contribution in [0.25, 0.3) is 0 Å². The van der Waals surface area contributed by atoms with Crippen molar-refractivity contribution in [3.8, 4) is 11.5 Å². The van der Waals surface area contributed by atoms with E-state index in [1.54, 1.807) is 7.11 Å². The SMILES string of the molecule is COCc1cc(COc2ccc3c(c2)OCC3N)no1. The predicted molar refractivity (Wildman–Crippen MR) is 70.4 cm³/mol. The Kier molecular flexibility index (Phi) is 3.58. The summed E-state index contributed by atoms with van der Waals surface area (Å²) in [6, 6.07) is 7.42. The second-order valence-corrected chi connectivity index (χ2v) is 4.62. The molecule has 20 heavy (non-hydrogen) atoms. The molecular weight excluding hydrogens is 260 g/mol. The van der Waals surface area contributed by atoms with Gasteiger partial charge in [0.1, 0.15) is 37.0 Å². The number of nitrogens with two attached hydrogens (primary N) is 1. The molecule has 0 spiro atoms. The Morgan fingerprint density at radius 1 is 1.35 bits per heavy atom. The van der Waals surface area contributed by atoms with Crippen molar-refractivity contribution in [1.29, 1.82) is 0 Å². The van der Waals surface area contributed by atoms with Crippen LogP contribution < -0.4 is 15.2 Å². The smallest absolute Gasteiger partial charge is 0.162 e. The molecule has 0 saturated heterocycles. The van der Waals surface area contributed by atoms with Crippen LogP contribution in [0.3, 0.4) is 0 Å². The first-order valence-corrected chi connectivity index (χ1v) is 6.35. The standard InChI is InChI=1S/C14H16N2O4/c1-17-7-11-4-9(16-20-11)6-18-10-2-3-12-13(15)8-19-14(12)5-10/h2-5,13H,6-8,15H2,1H3. The minimum absolute atomic E-state index is 0.0498. The Labute approximate surface area is 116 Å². The topological polar surface area (TPSA) is 79.7 Å². The highest BCUT2D eigenvalue weighted by Crippen LogP contribution is 2.34. The van der Waals surface area contributed by atoms with Crippen molar-refractivity contribution in [2.75, 3.05) is 13.7 Å². The van der Waals surface area contributed by atoms with Crippen LogP contribution in [-0.4, -0.2) is 18.9 Å². The number of aromatic nitrogens is 1. The number of nitrogens with zero attached hydrogens (tertiary/aromatic N) is 1. The van der Waals surface area contributed by atoms with E-state index < -0.39 is 0 Å². The van der Waals surface area contributed by atoms with Gasteiger partial charge in [0, 0.05) is 24.8 Å². The number of ether oxygens (including phenoxy) is 3. The first-order valence-electron chi connectivity index (χ1n) is 6.35. The predicted octanol–water partition coefficient (Wildman–Crippen LogP) is 1.79. The Morgan fingerprint density at radius 3 is 3.10 bits per heavy atom. The van der Waals surface area contributed by atoms with Crippen LogP contribution in [0.1, 0.15) is 23.1 Å². The monoisotopic (exact) mass is 276 g/mol. The molecular formula is C14H16N2O4. The molecule has 2 N–H and O–H groups in total. The molecule has 1 aliphatic heterocycles. The summed E-state index contributed by atoms with van der Waals surface area (Å²) in [6.45, 7) is 1.25. The Balaban J connectivity index is 1.63. The van der Waals surface area contributed by atoms with E-state index in [9.17, 15) is 0 Å². The highest BCUT2D eigenvalue weighted by Gasteiger charge is 2.20. The zero-order valence-electron chi connectivity index (χ0n) is 11.2. The molecule has 6 nitrogen and oxygen atoms in total. The minimum atomic E-state index is -0.0498. The lowest BCUT2D eigenvalue weighted by Crippen LogP contribution is -2.10. The normalized spacial score (nSPS) is 16.8. The van der Waals surface area contributed by atoms with Gasteiger partial charge in [-0.25, -0.2) is 0 Å². The van der Waals surface area contributed by atoms with E-state index in [4.69, 9.17) is 24.5 Å². The van der Waals surface area contributed by atoms with Gasteiger partial charge in [0.2, 0.25) is 0 Å². The Bertz CT molecular complexity index is 597. The number of benzene rings is 1. The maximum Gasteiger partial charge on any atom is 0.162 e. The number of hydrogen-bond donors (Lipinski definition) is 1. The fourth-order valence-electron chi connectivity index (χ4n) is 2.10. The van der Waals surface area contributed by atoms with Crippen molar-refractivity contribution in [3.63, 3.8) is 0 Å². The molecule has 3 rings (SSSR count). The fraction of sp³-hybridized carbons (Fsp3) is 0.357. The highest BCUT2D eigenvalue weighted by molar-refractivity contribution is 5.44. The first-order chi connectivity index (χ1) is 9.76. The van der Waals surface area contributed by atoms with Gasteiger partial charge in [-0.15, -0.1) is 0 Å². The van der Waals surface area contributed by atoms with Gasteiger partial charge >= 0.3 is 0 Å². The summed E-state index contributed by atoms with van der Waals surface area (Å²) in [7, 11) is 1.61. The van der Waals surface area contributed by atoms with Gasteiger partial charge in [-0.2, -0.15) is 0 Å². The highest BCUT2D eigenvalue weighted by atomic mass is 16.5. The molecule has 106 valence electrons. The van der Waals surface area contributed by atoms with E-state index in [1.165, 1.54) is 0 Å². The molecule has 2 heterocycles.